The number of guanidine groups is 1. The van der Waals surface area contributed by atoms with Crippen LogP contribution in [-0.2, 0) is 13.1 Å². The molecule has 1 aliphatic carbocycles. The number of nitrogens with one attached hydrogen (secondary N) is 2. The van der Waals surface area contributed by atoms with Crippen molar-refractivity contribution in [1.82, 2.24) is 20.2 Å². The zero-order valence-electron chi connectivity index (χ0n) is 15.7. The van der Waals surface area contributed by atoms with Crippen molar-refractivity contribution >= 4 is 5.96 Å². The van der Waals surface area contributed by atoms with Gasteiger partial charge in [-0.15, -0.1) is 0 Å². The molecule has 0 radical (unpaired) electrons. The molecule has 0 saturated heterocycles. The highest BCUT2D eigenvalue weighted by atomic mass is 16.5. The Morgan fingerprint density at radius 2 is 2.15 bits per heavy atom. The maximum absolute atomic E-state index is 6.27. The number of aryl methyl sites for hydroxylation is 1. The largest absolute Gasteiger partial charge is 0.490 e. The van der Waals surface area contributed by atoms with Crippen molar-refractivity contribution in [3.05, 3.63) is 48.0 Å². The Kier molecular flexibility index (Phi) is 6.52. The second-order valence-corrected chi connectivity index (χ2v) is 6.79. The lowest BCUT2D eigenvalue weighted by atomic mass is 10.1. The predicted octanol–water partition coefficient (Wildman–Crippen LogP) is 2.88. The number of imidazole rings is 1. The van der Waals surface area contributed by atoms with Crippen LogP contribution in [0.5, 0.6) is 5.75 Å². The molecule has 1 heterocycles. The maximum atomic E-state index is 6.27. The van der Waals surface area contributed by atoms with Crippen LogP contribution < -0.4 is 15.4 Å². The van der Waals surface area contributed by atoms with Gasteiger partial charge in [0.15, 0.2) is 5.96 Å². The van der Waals surface area contributed by atoms with Gasteiger partial charge >= 0.3 is 0 Å². The first-order valence-corrected chi connectivity index (χ1v) is 9.41. The summed E-state index contributed by atoms with van der Waals surface area (Å²) >= 11 is 0. The number of nitrogens with zero attached hydrogens (tertiary/aromatic N) is 3. The van der Waals surface area contributed by atoms with Gasteiger partial charge < -0.3 is 19.9 Å². The van der Waals surface area contributed by atoms with Gasteiger partial charge in [-0.2, -0.15) is 0 Å². The van der Waals surface area contributed by atoms with Crippen LogP contribution in [0.25, 0.3) is 0 Å². The molecule has 6 nitrogen and oxygen atoms in total. The van der Waals surface area contributed by atoms with Crippen LogP contribution in [0.15, 0.2) is 41.9 Å². The molecule has 140 valence electrons. The van der Waals surface area contributed by atoms with E-state index in [0.29, 0.717) is 12.6 Å². The molecular formula is C20H29N5O. The van der Waals surface area contributed by atoms with E-state index in [1.54, 1.807) is 13.2 Å². The lowest BCUT2D eigenvalue weighted by molar-refractivity contribution is 0.207. The Labute approximate surface area is 155 Å². The SMILES string of the molecule is CN=C(NCCn1ccnc1)NCc1ccc(C)cc1OC1CCCC1. The molecule has 1 aliphatic rings. The molecule has 0 atom stereocenters. The monoisotopic (exact) mass is 355 g/mol. The van der Waals surface area contributed by atoms with Crippen molar-refractivity contribution in [2.45, 2.75) is 51.8 Å². The summed E-state index contributed by atoms with van der Waals surface area (Å²) in [6.07, 6.45) is 10.8. The molecule has 6 heteroatoms. The Hall–Kier alpha value is -2.50. The Balaban J connectivity index is 1.53. The van der Waals surface area contributed by atoms with Gasteiger partial charge in [0.2, 0.25) is 0 Å². The third kappa shape index (κ3) is 5.25. The van der Waals surface area contributed by atoms with E-state index >= 15 is 0 Å². The summed E-state index contributed by atoms with van der Waals surface area (Å²) in [4.78, 5) is 8.35. The summed E-state index contributed by atoms with van der Waals surface area (Å²) in [5.41, 5.74) is 2.39. The molecule has 2 aromatic rings. The highest BCUT2D eigenvalue weighted by Crippen LogP contribution is 2.27. The zero-order chi connectivity index (χ0) is 18.2. The molecule has 2 N–H and O–H groups in total. The van der Waals surface area contributed by atoms with E-state index in [9.17, 15) is 0 Å². The third-order valence-corrected chi connectivity index (χ3v) is 4.71. The second-order valence-electron chi connectivity index (χ2n) is 6.79. The number of rotatable bonds is 7. The highest BCUT2D eigenvalue weighted by Gasteiger charge is 2.18. The number of hydrogen-bond acceptors (Lipinski definition) is 3. The molecule has 0 amide bonds. The second kappa shape index (κ2) is 9.27. The fourth-order valence-corrected chi connectivity index (χ4v) is 3.23. The number of aliphatic imine (C=N–C) groups is 1. The van der Waals surface area contributed by atoms with Crippen LogP contribution in [-0.4, -0.2) is 35.2 Å². The molecule has 26 heavy (non-hydrogen) atoms. The summed E-state index contributed by atoms with van der Waals surface area (Å²) < 4.78 is 8.31. The van der Waals surface area contributed by atoms with Gasteiger partial charge in [-0.05, 0) is 44.2 Å². The van der Waals surface area contributed by atoms with Gasteiger partial charge in [0.25, 0.3) is 0 Å². The molecule has 0 spiro atoms. The average molecular weight is 355 g/mol. The minimum atomic E-state index is 0.364. The van der Waals surface area contributed by atoms with Gasteiger partial charge in [0.1, 0.15) is 5.75 Å². The topological polar surface area (TPSA) is 63.5 Å². The molecule has 3 rings (SSSR count). The Morgan fingerprint density at radius 3 is 2.88 bits per heavy atom. The fourth-order valence-electron chi connectivity index (χ4n) is 3.23. The van der Waals surface area contributed by atoms with Crippen LogP contribution in [0.4, 0.5) is 0 Å². The van der Waals surface area contributed by atoms with Crippen molar-refractivity contribution in [2.75, 3.05) is 13.6 Å². The number of benzene rings is 1. The predicted molar refractivity (Wildman–Crippen MR) is 104 cm³/mol. The summed E-state index contributed by atoms with van der Waals surface area (Å²) in [6.45, 7) is 4.43. The van der Waals surface area contributed by atoms with Crippen LogP contribution in [0.1, 0.15) is 36.8 Å². The van der Waals surface area contributed by atoms with E-state index in [2.05, 4.69) is 45.7 Å². The normalized spacial score (nSPS) is 15.2. The van der Waals surface area contributed by atoms with Gasteiger partial charge in [-0.1, -0.05) is 12.1 Å². The van der Waals surface area contributed by atoms with Crippen LogP contribution >= 0.6 is 0 Å². The van der Waals surface area contributed by atoms with Crippen LogP contribution in [0, 0.1) is 6.92 Å². The van der Waals surface area contributed by atoms with Crippen molar-refractivity contribution < 1.29 is 4.74 Å². The third-order valence-electron chi connectivity index (χ3n) is 4.71. The van der Waals surface area contributed by atoms with E-state index in [1.165, 1.54) is 24.0 Å². The minimum Gasteiger partial charge on any atom is -0.490 e. The van der Waals surface area contributed by atoms with Crippen LogP contribution in [0.3, 0.4) is 0 Å². The summed E-state index contributed by atoms with van der Waals surface area (Å²) in [5, 5.41) is 6.72. The van der Waals surface area contributed by atoms with Crippen molar-refractivity contribution in [3.63, 3.8) is 0 Å². The van der Waals surface area contributed by atoms with Gasteiger partial charge in [0.05, 0.1) is 12.4 Å². The van der Waals surface area contributed by atoms with Gasteiger partial charge in [0, 0.05) is 44.6 Å². The zero-order valence-corrected chi connectivity index (χ0v) is 15.7. The molecule has 1 saturated carbocycles. The molecule has 0 bridgehead atoms. The first-order valence-electron chi connectivity index (χ1n) is 9.41. The highest BCUT2D eigenvalue weighted by molar-refractivity contribution is 5.79. The van der Waals surface area contributed by atoms with Gasteiger partial charge in [-0.25, -0.2) is 4.98 Å². The molecule has 0 aliphatic heterocycles. The molecular weight excluding hydrogens is 326 g/mol. The van der Waals surface area contributed by atoms with Crippen molar-refractivity contribution in [2.24, 2.45) is 4.99 Å². The standard InChI is InChI=1S/C20H29N5O/c1-16-7-8-17(19(13-16)26-18-5-3-4-6-18)14-24-20(21-2)23-10-12-25-11-9-22-15-25/h7-9,11,13,15,18H,3-6,10,12,14H2,1-2H3,(H2,21,23,24). The summed E-state index contributed by atoms with van der Waals surface area (Å²) in [5.74, 6) is 1.79. The molecule has 1 fully saturated rings. The van der Waals surface area contributed by atoms with Crippen molar-refractivity contribution in [3.8, 4) is 5.75 Å². The van der Waals surface area contributed by atoms with E-state index in [1.807, 2.05) is 17.1 Å². The van der Waals surface area contributed by atoms with E-state index in [0.717, 1.165) is 37.6 Å². The molecule has 1 aromatic heterocycles. The van der Waals surface area contributed by atoms with E-state index in [4.69, 9.17) is 4.74 Å². The summed E-state index contributed by atoms with van der Waals surface area (Å²) in [6, 6.07) is 6.42. The maximum Gasteiger partial charge on any atom is 0.191 e. The first kappa shape index (κ1) is 18.3. The average Bonchev–Trinajstić information content (AvgIpc) is 3.33. The first-order chi connectivity index (χ1) is 12.7. The molecule has 0 unspecified atom stereocenters. The van der Waals surface area contributed by atoms with Crippen molar-refractivity contribution in [1.29, 1.82) is 0 Å². The Morgan fingerprint density at radius 1 is 1.31 bits per heavy atom. The fraction of sp³-hybridized carbons (Fsp3) is 0.500. The quantitative estimate of drug-likeness (QED) is 0.592. The van der Waals surface area contributed by atoms with Crippen LogP contribution in [0.2, 0.25) is 0 Å². The minimum absolute atomic E-state index is 0.364. The smallest absolute Gasteiger partial charge is 0.191 e. The Bertz CT molecular complexity index is 705. The summed E-state index contributed by atoms with van der Waals surface area (Å²) in [7, 11) is 1.79. The van der Waals surface area contributed by atoms with E-state index in [-0.39, 0.29) is 0 Å². The molecule has 1 aromatic carbocycles. The van der Waals surface area contributed by atoms with Gasteiger partial charge in [-0.3, -0.25) is 4.99 Å². The lowest BCUT2D eigenvalue weighted by Crippen LogP contribution is -2.38. The lowest BCUT2D eigenvalue weighted by Gasteiger charge is -2.18. The number of hydrogen-bond donors (Lipinski definition) is 2. The number of ether oxygens (including phenoxy) is 1. The van der Waals surface area contributed by atoms with E-state index < -0.39 is 0 Å². The number of aromatic nitrogens is 2.